The number of benzene rings is 1. The number of esters is 1. The molecule has 0 fully saturated rings. The number of hydrogen-bond acceptors (Lipinski definition) is 5. The van der Waals surface area contributed by atoms with Crippen LogP contribution in [0.4, 0.5) is 5.69 Å². The van der Waals surface area contributed by atoms with Gasteiger partial charge in [0.25, 0.3) is 5.91 Å². The zero-order valence-corrected chi connectivity index (χ0v) is 10.9. The smallest absolute Gasteiger partial charge is 0.340 e. The Kier molecular flexibility index (Phi) is 3.69. The van der Waals surface area contributed by atoms with E-state index in [1.165, 1.54) is 24.2 Å². The van der Waals surface area contributed by atoms with Crippen LogP contribution in [0, 0.1) is 0 Å². The highest BCUT2D eigenvalue weighted by Gasteiger charge is 2.16. The molecule has 0 atom stereocenters. The van der Waals surface area contributed by atoms with E-state index in [4.69, 9.17) is 16.2 Å². The molecular weight excluding hydrogens is 260 g/mol. The number of carbonyl (C=O) groups excluding carboxylic acids is 2. The number of nitrogens with two attached hydrogens (primary N) is 2. The highest BCUT2D eigenvalue weighted by atomic mass is 16.5. The zero-order chi connectivity index (χ0) is 14.7. The van der Waals surface area contributed by atoms with Crippen LogP contribution in [0.1, 0.15) is 26.3 Å². The van der Waals surface area contributed by atoms with Crippen LogP contribution in [0.2, 0.25) is 0 Å². The second-order valence-corrected chi connectivity index (χ2v) is 4.16. The summed E-state index contributed by atoms with van der Waals surface area (Å²) in [7, 11) is 1.29. The minimum atomic E-state index is -0.558. The van der Waals surface area contributed by atoms with Gasteiger partial charge in [0.1, 0.15) is 0 Å². The fraction of sp³-hybridized carbons (Fsp3) is 0.154. The largest absolute Gasteiger partial charge is 0.465 e. The Labute approximate surface area is 115 Å². The number of amides is 1. The van der Waals surface area contributed by atoms with Gasteiger partial charge in [0.2, 0.25) is 0 Å². The molecule has 0 bridgehead atoms. The number of carbonyl (C=O) groups is 2. The number of anilines is 1. The molecule has 0 spiro atoms. The maximum Gasteiger partial charge on any atom is 0.340 e. The molecule has 7 nitrogen and oxygen atoms in total. The van der Waals surface area contributed by atoms with Gasteiger partial charge in [-0.1, -0.05) is 12.1 Å². The normalized spacial score (nSPS) is 10.2. The molecule has 2 aromatic rings. The second kappa shape index (κ2) is 5.43. The van der Waals surface area contributed by atoms with E-state index in [9.17, 15) is 9.59 Å². The maximum atomic E-state index is 11.8. The van der Waals surface area contributed by atoms with E-state index in [0.717, 1.165) is 0 Å². The summed E-state index contributed by atoms with van der Waals surface area (Å²) in [6, 6.07) is 5.09. The minimum absolute atomic E-state index is 0.281. The second-order valence-electron chi connectivity index (χ2n) is 4.16. The summed E-state index contributed by atoms with van der Waals surface area (Å²) in [6.45, 7) is 0.281. The molecule has 0 unspecified atom stereocenters. The molecule has 1 heterocycles. The van der Waals surface area contributed by atoms with Crippen molar-refractivity contribution in [3.05, 3.63) is 47.3 Å². The van der Waals surface area contributed by atoms with Gasteiger partial charge >= 0.3 is 5.97 Å². The molecule has 0 saturated heterocycles. The van der Waals surface area contributed by atoms with Crippen molar-refractivity contribution in [2.75, 3.05) is 12.8 Å². The number of primary amides is 1. The van der Waals surface area contributed by atoms with Gasteiger partial charge in [-0.05, 0) is 11.6 Å². The third kappa shape index (κ3) is 2.61. The average molecular weight is 274 g/mol. The van der Waals surface area contributed by atoms with Crippen LogP contribution >= 0.6 is 0 Å². The summed E-state index contributed by atoms with van der Waals surface area (Å²) in [5.41, 5.74) is 12.5. The standard InChI is InChI=1S/C13H14N4O3/c1-20-13(19)11-8(3-2-4-10(11)14)6-17-7-9(5-16-17)12(15)18/h2-5,7H,6,14H2,1H3,(H2,15,18). The molecule has 0 aliphatic carbocycles. The number of ether oxygens (including phenoxy) is 1. The molecule has 0 saturated carbocycles. The Morgan fingerprint density at radius 2 is 2.15 bits per heavy atom. The molecule has 7 heteroatoms. The number of hydrogen-bond donors (Lipinski definition) is 2. The van der Waals surface area contributed by atoms with Gasteiger partial charge in [-0.25, -0.2) is 4.79 Å². The summed E-state index contributed by atoms with van der Waals surface area (Å²) in [5, 5.41) is 4.01. The number of nitrogen functional groups attached to an aromatic ring is 1. The third-order valence-corrected chi connectivity index (χ3v) is 2.82. The molecule has 4 N–H and O–H groups in total. The number of aromatic nitrogens is 2. The molecule has 2 rings (SSSR count). The molecule has 104 valence electrons. The van der Waals surface area contributed by atoms with Gasteiger partial charge in [-0.3, -0.25) is 9.48 Å². The summed E-state index contributed by atoms with van der Waals surface area (Å²) >= 11 is 0. The predicted octanol–water partition coefficient (Wildman–Crippen LogP) is 0.399. The van der Waals surface area contributed by atoms with E-state index in [0.29, 0.717) is 22.4 Å². The Bertz CT molecular complexity index is 663. The van der Waals surface area contributed by atoms with Crippen molar-refractivity contribution in [1.82, 2.24) is 9.78 Å². The number of rotatable bonds is 4. The molecule has 0 aliphatic heterocycles. The summed E-state index contributed by atoms with van der Waals surface area (Å²) < 4.78 is 6.22. The van der Waals surface area contributed by atoms with Crippen LogP contribution in [-0.2, 0) is 11.3 Å². The van der Waals surface area contributed by atoms with Gasteiger partial charge in [-0.2, -0.15) is 5.10 Å². The van der Waals surface area contributed by atoms with Crippen molar-refractivity contribution in [2.45, 2.75) is 6.54 Å². The lowest BCUT2D eigenvalue weighted by Gasteiger charge is -2.10. The molecule has 1 aromatic carbocycles. The number of nitrogens with zero attached hydrogens (tertiary/aromatic N) is 2. The molecule has 20 heavy (non-hydrogen) atoms. The third-order valence-electron chi connectivity index (χ3n) is 2.82. The van der Waals surface area contributed by atoms with E-state index < -0.39 is 11.9 Å². The highest BCUT2D eigenvalue weighted by molar-refractivity contribution is 5.96. The molecule has 1 aromatic heterocycles. The fourth-order valence-corrected chi connectivity index (χ4v) is 1.85. The van der Waals surface area contributed by atoms with Crippen molar-refractivity contribution < 1.29 is 14.3 Å². The minimum Gasteiger partial charge on any atom is -0.465 e. The van der Waals surface area contributed by atoms with Crippen LogP contribution in [0.25, 0.3) is 0 Å². The van der Waals surface area contributed by atoms with Crippen molar-refractivity contribution in [3.63, 3.8) is 0 Å². The van der Waals surface area contributed by atoms with Crippen LogP contribution in [-0.4, -0.2) is 28.8 Å². The fourth-order valence-electron chi connectivity index (χ4n) is 1.85. The zero-order valence-electron chi connectivity index (χ0n) is 10.9. The first-order chi connectivity index (χ1) is 9.52. The Morgan fingerprint density at radius 3 is 2.75 bits per heavy atom. The first-order valence-electron chi connectivity index (χ1n) is 5.81. The van der Waals surface area contributed by atoms with Crippen molar-refractivity contribution in [3.8, 4) is 0 Å². The van der Waals surface area contributed by atoms with E-state index in [2.05, 4.69) is 5.10 Å². The first kappa shape index (κ1) is 13.6. The van der Waals surface area contributed by atoms with Gasteiger partial charge < -0.3 is 16.2 Å². The Hall–Kier alpha value is -2.83. The summed E-state index contributed by atoms with van der Waals surface area (Å²) in [6.07, 6.45) is 2.87. The lowest BCUT2D eigenvalue weighted by atomic mass is 10.1. The summed E-state index contributed by atoms with van der Waals surface area (Å²) in [4.78, 5) is 22.8. The quantitative estimate of drug-likeness (QED) is 0.618. The number of methoxy groups -OCH3 is 1. The average Bonchev–Trinajstić information content (AvgIpc) is 2.87. The van der Waals surface area contributed by atoms with E-state index >= 15 is 0 Å². The maximum absolute atomic E-state index is 11.8. The lowest BCUT2D eigenvalue weighted by molar-refractivity contribution is 0.0600. The lowest BCUT2D eigenvalue weighted by Crippen LogP contribution is -2.12. The predicted molar refractivity (Wildman–Crippen MR) is 72.0 cm³/mol. The monoisotopic (exact) mass is 274 g/mol. The van der Waals surface area contributed by atoms with Gasteiger partial charge in [0.05, 0.1) is 31.0 Å². The van der Waals surface area contributed by atoms with Crippen LogP contribution in [0.15, 0.2) is 30.6 Å². The van der Waals surface area contributed by atoms with Crippen LogP contribution < -0.4 is 11.5 Å². The van der Waals surface area contributed by atoms with Crippen molar-refractivity contribution >= 4 is 17.6 Å². The molecule has 0 radical (unpaired) electrons. The first-order valence-corrected chi connectivity index (χ1v) is 5.81. The Morgan fingerprint density at radius 1 is 1.40 bits per heavy atom. The van der Waals surface area contributed by atoms with E-state index in [-0.39, 0.29) is 6.54 Å². The van der Waals surface area contributed by atoms with Crippen molar-refractivity contribution in [2.24, 2.45) is 5.73 Å². The summed E-state index contributed by atoms with van der Waals surface area (Å²) in [5.74, 6) is -1.07. The molecule has 1 amide bonds. The van der Waals surface area contributed by atoms with E-state index in [1.54, 1.807) is 18.2 Å². The van der Waals surface area contributed by atoms with Crippen LogP contribution in [0.5, 0.6) is 0 Å². The Balaban J connectivity index is 2.35. The van der Waals surface area contributed by atoms with Crippen LogP contribution in [0.3, 0.4) is 0 Å². The van der Waals surface area contributed by atoms with Gasteiger partial charge in [-0.15, -0.1) is 0 Å². The SMILES string of the molecule is COC(=O)c1c(N)cccc1Cn1cc(C(N)=O)cn1. The van der Waals surface area contributed by atoms with Gasteiger partial charge in [0, 0.05) is 11.9 Å². The molecule has 0 aliphatic rings. The van der Waals surface area contributed by atoms with Gasteiger partial charge in [0.15, 0.2) is 0 Å². The van der Waals surface area contributed by atoms with Crippen molar-refractivity contribution in [1.29, 1.82) is 0 Å². The molecular formula is C13H14N4O3. The van der Waals surface area contributed by atoms with E-state index in [1.807, 2.05) is 0 Å². The topological polar surface area (TPSA) is 113 Å². The highest BCUT2D eigenvalue weighted by Crippen LogP contribution is 2.19.